The predicted octanol–water partition coefficient (Wildman–Crippen LogP) is 3.09. The molecule has 122 valence electrons. The molecule has 0 saturated heterocycles. The summed E-state index contributed by atoms with van der Waals surface area (Å²) in [5.41, 5.74) is 4.93. The lowest BCUT2D eigenvalue weighted by molar-refractivity contribution is 1.04. The van der Waals surface area contributed by atoms with E-state index >= 15 is 0 Å². The zero-order valence-electron chi connectivity index (χ0n) is 13.5. The summed E-state index contributed by atoms with van der Waals surface area (Å²) in [4.78, 5) is 29.9. The van der Waals surface area contributed by atoms with E-state index in [4.69, 9.17) is 0 Å². The lowest BCUT2D eigenvalue weighted by Crippen LogP contribution is -1.94. The summed E-state index contributed by atoms with van der Waals surface area (Å²) in [5, 5.41) is 0.995. The van der Waals surface area contributed by atoms with E-state index in [1.807, 2.05) is 36.5 Å². The lowest BCUT2D eigenvalue weighted by atomic mass is 10.1. The molecule has 0 N–H and O–H groups in total. The maximum atomic E-state index is 4.65. The van der Waals surface area contributed by atoms with Gasteiger partial charge in [0, 0.05) is 23.3 Å². The molecule has 5 rings (SSSR count). The Morgan fingerprint density at radius 1 is 0.692 bits per heavy atom. The fourth-order valence-corrected chi connectivity index (χ4v) is 2.79. The van der Waals surface area contributed by atoms with E-state index in [1.54, 1.807) is 12.4 Å². The quantitative estimate of drug-likeness (QED) is 0.489. The van der Waals surface area contributed by atoms with Gasteiger partial charge in [-0.15, -0.1) is 0 Å². The molecule has 7 heteroatoms. The number of hydrogen-bond donors (Lipinski definition) is 0. The molecule has 0 unspecified atom stereocenters. The number of nitrogens with zero attached hydrogens (tertiary/aromatic N) is 7. The highest BCUT2D eigenvalue weighted by Crippen LogP contribution is 2.25. The minimum Gasteiger partial charge on any atom is -0.252 e. The molecule has 26 heavy (non-hydrogen) atoms. The van der Waals surface area contributed by atoms with Crippen molar-refractivity contribution in [3.8, 4) is 22.6 Å². The molecule has 1 aromatic carbocycles. The first-order valence-electron chi connectivity index (χ1n) is 7.97. The van der Waals surface area contributed by atoms with Crippen molar-refractivity contribution in [2.24, 2.45) is 0 Å². The third kappa shape index (κ3) is 2.51. The molecule has 0 spiro atoms. The first-order valence-corrected chi connectivity index (χ1v) is 7.97. The molecular formula is C19H11N7. The summed E-state index contributed by atoms with van der Waals surface area (Å²) >= 11 is 0. The van der Waals surface area contributed by atoms with Gasteiger partial charge in [0.25, 0.3) is 0 Å². The summed E-state index contributed by atoms with van der Waals surface area (Å²) in [5.74, 6) is 0.498. The van der Waals surface area contributed by atoms with Crippen LogP contribution in [0.25, 0.3) is 44.7 Å². The minimum atomic E-state index is 0.498. The molecular weight excluding hydrogens is 326 g/mol. The van der Waals surface area contributed by atoms with E-state index in [2.05, 4.69) is 41.0 Å². The van der Waals surface area contributed by atoms with Crippen LogP contribution in [0, 0.1) is 0 Å². The molecule has 4 aromatic heterocycles. The van der Waals surface area contributed by atoms with E-state index in [-0.39, 0.29) is 0 Å². The first-order chi connectivity index (χ1) is 12.9. The van der Waals surface area contributed by atoms with Crippen molar-refractivity contribution in [1.82, 2.24) is 34.9 Å². The summed E-state index contributed by atoms with van der Waals surface area (Å²) < 4.78 is 0. The predicted molar refractivity (Wildman–Crippen MR) is 96.9 cm³/mol. The van der Waals surface area contributed by atoms with Crippen molar-refractivity contribution in [2.75, 3.05) is 0 Å². The van der Waals surface area contributed by atoms with Gasteiger partial charge in [-0.3, -0.25) is 4.98 Å². The zero-order chi connectivity index (χ0) is 17.3. The molecule has 7 nitrogen and oxygen atoms in total. The molecule has 0 amide bonds. The second kappa shape index (κ2) is 5.89. The lowest BCUT2D eigenvalue weighted by Gasteiger charge is -2.05. The Labute approximate surface area is 147 Å². The number of benzene rings is 1. The zero-order valence-corrected chi connectivity index (χ0v) is 13.5. The van der Waals surface area contributed by atoms with Crippen molar-refractivity contribution >= 4 is 22.1 Å². The van der Waals surface area contributed by atoms with Crippen LogP contribution in [0.4, 0.5) is 0 Å². The van der Waals surface area contributed by atoms with Gasteiger partial charge in [-0.25, -0.2) is 29.9 Å². The maximum Gasteiger partial charge on any atom is 0.182 e. The van der Waals surface area contributed by atoms with Gasteiger partial charge in [0.2, 0.25) is 0 Å². The molecule has 0 radical (unpaired) electrons. The van der Waals surface area contributed by atoms with E-state index in [1.165, 1.54) is 12.7 Å². The molecule has 0 saturated carbocycles. The smallest absolute Gasteiger partial charge is 0.182 e. The maximum absolute atomic E-state index is 4.65. The fraction of sp³-hybridized carbons (Fsp3) is 0. The van der Waals surface area contributed by atoms with E-state index < -0.39 is 0 Å². The summed E-state index contributed by atoms with van der Waals surface area (Å²) in [6.45, 7) is 0. The number of pyridine rings is 2. The Hall–Kier alpha value is -3.87. The third-order valence-corrected chi connectivity index (χ3v) is 4.05. The van der Waals surface area contributed by atoms with E-state index in [0.717, 1.165) is 33.2 Å². The molecule has 0 bridgehead atoms. The second-order valence-electron chi connectivity index (χ2n) is 5.69. The van der Waals surface area contributed by atoms with Crippen LogP contribution in [-0.4, -0.2) is 34.9 Å². The van der Waals surface area contributed by atoms with Crippen LogP contribution in [0.15, 0.2) is 67.6 Å². The van der Waals surface area contributed by atoms with Crippen LogP contribution in [-0.2, 0) is 0 Å². The average molecular weight is 337 g/mol. The Balaban J connectivity index is 1.63. The van der Waals surface area contributed by atoms with Crippen LogP contribution < -0.4 is 0 Å². The van der Waals surface area contributed by atoms with Crippen LogP contribution in [0.3, 0.4) is 0 Å². The molecule has 0 atom stereocenters. The van der Waals surface area contributed by atoms with Gasteiger partial charge in [-0.2, -0.15) is 0 Å². The first kappa shape index (κ1) is 14.5. The van der Waals surface area contributed by atoms with Crippen molar-refractivity contribution in [3.63, 3.8) is 0 Å². The van der Waals surface area contributed by atoms with Gasteiger partial charge in [-0.1, -0.05) is 6.07 Å². The van der Waals surface area contributed by atoms with E-state index in [9.17, 15) is 0 Å². The van der Waals surface area contributed by atoms with Gasteiger partial charge in [0.1, 0.15) is 18.3 Å². The van der Waals surface area contributed by atoms with Crippen LogP contribution in [0.5, 0.6) is 0 Å². The topological polar surface area (TPSA) is 90.2 Å². The summed E-state index contributed by atoms with van der Waals surface area (Å²) in [6, 6.07) is 11.9. The molecule has 4 heterocycles. The van der Waals surface area contributed by atoms with Crippen LogP contribution in [0.1, 0.15) is 0 Å². The highest BCUT2D eigenvalue weighted by molar-refractivity contribution is 5.85. The standard InChI is InChI=1S/C19H11N7/c1-2-13-6-14(8-23-18(13)21-5-1)12-3-4-15-16(7-12)26-17(9-22-15)19-24-10-20-11-25-19/h1-11H. The normalized spacial score (nSPS) is 11.1. The largest absolute Gasteiger partial charge is 0.252 e. The van der Waals surface area contributed by atoms with Gasteiger partial charge >= 0.3 is 0 Å². The molecule has 0 aliphatic carbocycles. The number of rotatable bonds is 2. The van der Waals surface area contributed by atoms with Crippen LogP contribution >= 0.6 is 0 Å². The SMILES string of the molecule is c1cnc2ncc(-c3ccc4ncc(-c5ncncn5)nc4c3)cc2c1. The Bertz CT molecular complexity index is 1240. The van der Waals surface area contributed by atoms with Crippen LogP contribution in [0.2, 0.25) is 0 Å². The van der Waals surface area contributed by atoms with Crippen molar-refractivity contribution < 1.29 is 0 Å². The molecule has 0 aliphatic rings. The number of fused-ring (bicyclic) bond motifs is 2. The highest BCUT2D eigenvalue weighted by atomic mass is 15.0. The van der Waals surface area contributed by atoms with Gasteiger partial charge < -0.3 is 0 Å². The molecule has 5 aromatic rings. The number of hydrogen-bond acceptors (Lipinski definition) is 7. The number of aromatic nitrogens is 7. The summed E-state index contributed by atoms with van der Waals surface area (Å²) in [6.07, 6.45) is 8.11. The van der Waals surface area contributed by atoms with E-state index in [0.29, 0.717) is 11.5 Å². The van der Waals surface area contributed by atoms with Gasteiger partial charge in [0.15, 0.2) is 11.5 Å². The monoisotopic (exact) mass is 337 g/mol. The third-order valence-electron chi connectivity index (χ3n) is 4.05. The Kier molecular flexibility index (Phi) is 3.28. The van der Waals surface area contributed by atoms with Crippen molar-refractivity contribution in [3.05, 3.63) is 67.6 Å². The van der Waals surface area contributed by atoms with Gasteiger partial charge in [0.05, 0.1) is 17.2 Å². The average Bonchev–Trinajstić information content (AvgIpc) is 2.73. The Morgan fingerprint density at radius 3 is 2.54 bits per heavy atom. The second-order valence-corrected chi connectivity index (χ2v) is 5.69. The van der Waals surface area contributed by atoms with Crippen molar-refractivity contribution in [2.45, 2.75) is 0 Å². The summed E-state index contributed by atoms with van der Waals surface area (Å²) in [7, 11) is 0. The van der Waals surface area contributed by atoms with Crippen molar-refractivity contribution in [1.29, 1.82) is 0 Å². The minimum absolute atomic E-state index is 0.498. The van der Waals surface area contributed by atoms with Gasteiger partial charge in [-0.05, 0) is 35.9 Å². The Morgan fingerprint density at radius 2 is 1.62 bits per heavy atom. The molecule has 0 aliphatic heterocycles. The fourth-order valence-electron chi connectivity index (χ4n) is 2.79. The highest BCUT2D eigenvalue weighted by Gasteiger charge is 2.07. The molecule has 0 fully saturated rings.